The van der Waals surface area contributed by atoms with Gasteiger partial charge in [0.1, 0.15) is 11.8 Å². The van der Waals surface area contributed by atoms with E-state index in [1.807, 2.05) is 55.5 Å². The second kappa shape index (κ2) is 11.7. The molecule has 6 rings (SSSR count). The fourth-order valence-corrected chi connectivity index (χ4v) is 7.05. The van der Waals surface area contributed by atoms with Crippen LogP contribution < -0.4 is 19.6 Å². The fraction of sp³-hybridized carbons (Fsp3) is 0.206. The first-order valence-corrected chi connectivity index (χ1v) is 15.5. The predicted molar refractivity (Wildman–Crippen MR) is 172 cm³/mol. The molecule has 1 aliphatic heterocycles. The minimum absolute atomic E-state index is 0.211. The summed E-state index contributed by atoms with van der Waals surface area (Å²) in [6.45, 7) is 4.03. The van der Waals surface area contributed by atoms with Crippen molar-refractivity contribution in [2.24, 2.45) is 4.99 Å². The smallest absolute Gasteiger partial charge is 0.338 e. The van der Waals surface area contributed by atoms with Crippen LogP contribution in [0.3, 0.4) is 0 Å². The van der Waals surface area contributed by atoms with Crippen molar-refractivity contribution in [1.29, 1.82) is 0 Å². The zero-order valence-corrected chi connectivity index (χ0v) is 25.9. The van der Waals surface area contributed by atoms with Crippen LogP contribution in [0.4, 0.5) is 0 Å². The van der Waals surface area contributed by atoms with E-state index in [9.17, 15) is 9.59 Å². The number of methoxy groups -OCH3 is 1. The van der Waals surface area contributed by atoms with Crippen LogP contribution in [0.5, 0.6) is 5.75 Å². The van der Waals surface area contributed by atoms with Crippen LogP contribution in [-0.2, 0) is 9.53 Å². The highest BCUT2D eigenvalue weighted by Gasteiger charge is 2.36. The van der Waals surface area contributed by atoms with Gasteiger partial charge in [0.15, 0.2) is 4.80 Å². The summed E-state index contributed by atoms with van der Waals surface area (Å²) in [5.41, 5.74) is 2.43. The number of aromatic nitrogens is 1. The second-order valence-electron chi connectivity index (χ2n) is 10.0. The van der Waals surface area contributed by atoms with Crippen molar-refractivity contribution in [3.8, 4) is 5.75 Å². The Kier molecular flexibility index (Phi) is 7.84. The van der Waals surface area contributed by atoms with Crippen molar-refractivity contribution in [3.05, 3.63) is 119 Å². The molecule has 1 aliphatic rings. The Morgan fingerprint density at radius 3 is 2.36 bits per heavy atom. The van der Waals surface area contributed by atoms with Crippen LogP contribution in [0.2, 0.25) is 0 Å². The molecule has 2 heterocycles. The van der Waals surface area contributed by atoms with Gasteiger partial charge in [-0.15, -0.1) is 0 Å². The van der Waals surface area contributed by atoms with E-state index in [4.69, 9.17) is 14.5 Å². The van der Waals surface area contributed by atoms with Gasteiger partial charge in [0.05, 0.1) is 29.5 Å². The van der Waals surface area contributed by atoms with Crippen LogP contribution in [0.15, 0.2) is 98.3 Å². The summed E-state index contributed by atoms with van der Waals surface area (Å²) in [5, 5.41) is 4.32. The van der Waals surface area contributed by atoms with Crippen LogP contribution in [0.25, 0.3) is 27.6 Å². The highest BCUT2D eigenvalue weighted by atomic mass is 79.9. The third-order valence-electron chi connectivity index (χ3n) is 7.47. The fourth-order valence-electron chi connectivity index (χ4n) is 5.67. The number of allylic oxidation sites excluding steroid dienone is 1. The minimum Gasteiger partial charge on any atom is -0.496 e. The molecule has 0 amide bonds. The van der Waals surface area contributed by atoms with Gasteiger partial charge in [0, 0.05) is 10.0 Å². The topological polar surface area (TPSA) is 69.9 Å². The number of fused-ring (bicyclic) bond motifs is 3. The van der Waals surface area contributed by atoms with E-state index >= 15 is 0 Å². The van der Waals surface area contributed by atoms with E-state index in [-0.39, 0.29) is 12.2 Å². The van der Waals surface area contributed by atoms with Crippen LogP contribution in [0, 0.1) is 0 Å². The lowest BCUT2D eigenvalue weighted by Gasteiger charge is -2.27. The van der Waals surface area contributed by atoms with E-state index < -0.39 is 12.0 Å². The highest BCUT2D eigenvalue weighted by molar-refractivity contribution is 9.10. The predicted octanol–water partition coefficient (Wildman–Crippen LogP) is 6.66. The first-order valence-electron chi connectivity index (χ1n) is 13.9. The zero-order chi connectivity index (χ0) is 29.4. The van der Waals surface area contributed by atoms with Gasteiger partial charge < -0.3 is 9.47 Å². The van der Waals surface area contributed by atoms with Crippen molar-refractivity contribution in [1.82, 2.24) is 4.57 Å². The molecular formula is C34H29BrN2O4S. The lowest BCUT2D eigenvalue weighted by Crippen LogP contribution is -2.40. The average Bonchev–Trinajstić information content (AvgIpc) is 3.30. The van der Waals surface area contributed by atoms with Crippen LogP contribution >= 0.6 is 27.3 Å². The number of ether oxygens (including phenoxy) is 2. The van der Waals surface area contributed by atoms with Crippen molar-refractivity contribution >= 4 is 60.9 Å². The molecule has 0 radical (unpaired) electrons. The normalized spacial score (nSPS) is 15.1. The van der Waals surface area contributed by atoms with E-state index in [0.717, 1.165) is 38.0 Å². The molecule has 0 spiro atoms. The summed E-state index contributed by atoms with van der Waals surface area (Å²) in [6, 6.07) is 23.4. The molecule has 1 atom stereocenters. The molecule has 1 aromatic heterocycles. The largest absolute Gasteiger partial charge is 0.496 e. The lowest BCUT2D eigenvalue weighted by atomic mass is 9.93. The SMILES string of the molecule is CCCC1=C(C(=O)OCC)[C@H](c2cc(Br)ccc2OC)n2c(s/c(=C/c3c4ccccc4cc4ccccc34)c2=O)=N1. The van der Waals surface area contributed by atoms with E-state index in [1.54, 1.807) is 18.6 Å². The van der Waals surface area contributed by atoms with Gasteiger partial charge in [-0.2, -0.15) is 0 Å². The molecule has 0 fully saturated rings. The molecule has 0 bridgehead atoms. The Balaban J connectivity index is 1.69. The van der Waals surface area contributed by atoms with Gasteiger partial charge in [0.2, 0.25) is 0 Å². The molecule has 4 aromatic carbocycles. The first kappa shape index (κ1) is 28.1. The Morgan fingerprint density at radius 2 is 1.71 bits per heavy atom. The van der Waals surface area contributed by atoms with Crippen molar-refractivity contribution < 1.29 is 14.3 Å². The number of rotatable bonds is 7. The maximum Gasteiger partial charge on any atom is 0.338 e. The van der Waals surface area contributed by atoms with Crippen molar-refractivity contribution in [2.45, 2.75) is 32.7 Å². The van der Waals surface area contributed by atoms with Gasteiger partial charge >= 0.3 is 5.97 Å². The lowest BCUT2D eigenvalue weighted by molar-refractivity contribution is -0.139. The summed E-state index contributed by atoms with van der Waals surface area (Å²) in [7, 11) is 1.59. The maximum absolute atomic E-state index is 14.4. The van der Waals surface area contributed by atoms with Crippen LogP contribution in [-0.4, -0.2) is 24.3 Å². The van der Waals surface area contributed by atoms with Gasteiger partial charge in [-0.3, -0.25) is 9.36 Å². The van der Waals surface area contributed by atoms with Gasteiger partial charge in [-0.1, -0.05) is 89.1 Å². The molecule has 8 heteroatoms. The van der Waals surface area contributed by atoms with Crippen LogP contribution in [0.1, 0.15) is 43.9 Å². The van der Waals surface area contributed by atoms with Crippen molar-refractivity contribution in [2.75, 3.05) is 13.7 Å². The molecule has 6 nitrogen and oxygen atoms in total. The van der Waals surface area contributed by atoms with Crippen molar-refractivity contribution in [3.63, 3.8) is 0 Å². The molecule has 5 aromatic rings. The molecule has 0 saturated carbocycles. The number of thiazole rings is 1. The number of carbonyl (C=O) groups excluding carboxylic acids is 1. The second-order valence-corrected chi connectivity index (χ2v) is 12.0. The van der Waals surface area contributed by atoms with E-state index in [2.05, 4.69) is 46.3 Å². The molecule has 0 saturated heterocycles. The average molecular weight is 642 g/mol. The third-order valence-corrected chi connectivity index (χ3v) is 8.94. The Morgan fingerprint density at radius 1 is 1.02 bits per heavy atom. The van der Waals surface area contributed by atoms with Gasteiger partial charge in [-0.25, -0.2) is 9.79 Å². The standard InChI is InChI=1S/C34H29BrN2O4S/c1-4-10-27-30(33(39)41-5-2)31(26-18-22(35)15-16-28(26)40-3)37-32(38)29(42-34(37)36-27)19-25-23-13-8-6-11-20(23)17-21-12-7-9-14-24(21)25/h6-9,11-19,31H,4-5,10H2,1-3H3/b29-19+/t31-/m0/s1. The number of hydrogen-bond donors (Lipinski definition) is 0. The molecule has 0 unspecified atom stereocenters. The molecule has 0 N–H and O–H groups in total. The minimum atomic E-state index is -0.763. The first-order chi connectivity index (χ1) is 20.4. The highest BCUT2D eigenvalue weighted by Crippen LogP contribution is 2.38. The Bertz CT molecular complexity index is 2020. The summed E-state index contributed by atoms with van der Waals surface area (Å²) in [4.78, 5) is 33.4. The maximum atomic E-state index is 14.4. The number of benzene rings is 4. The Hall–Kier alpha value is -4.01. The van der Waals surface area contributed by atoms with Gasteiger partial charge in [0.25, 0.3) is 5.56 Å². The molecular weight excluding hydrogens is 612 g/mol. The zero-order valence-electron chi connectivity index (χ0n) is 23.5. The molecule has 0 aliphatic carbocycles. The number of carbonyl (C=O) groups is 1. The summed E-state index contributed by atoms with van der Waals surface area (Å²) < 4.78 is 14.2. The summed E-state index contributed by atoms with van der Waals surface area (Å²) >= 11 is 4.91. The third kappa shape index (κ3) is 4.88. The summed E-state index contributed by atoms with van der Waals surface area (Å²) in [6.07, 6.45) is 3.32. The number of hydrogen-bond acceptors (Lipinski definition) is 6. The molecule has 212 valence electrons. The Labute approximate surface area is 255 Å². The summed E-state index contributed by atoms with van der Waals surface area (Å²) in [5.74, 6) is 0.0865. The quantitative estimate of drug-likeness (QED) is 0.147. The van der Waals surface area contributed by atoms with E-state index in [0.29, 0.717) is 38.3 Å². The molecule has 42 heavy (non-hydrogen) atoms. The number of esters is 1. The monoisotopic (exact) mass is 640 g/mol. The number of nitrogens with zero attached hydrogens (tertiary/aromatic N) is 2. The van der Waals surface area contributed by atoms with E-state index in [1.165, 1.54) is 11.3 Å². The van der Waals surface area contributed by atoms with Gasteiger partial charge in [-0.05, 0) is 70.8 Å². The number of halogens is 1.